The van der Waals surface area contributed by atoms with Crippen LogP contribution in [0.25, 0.3) is 11.1 Å². The number of nitrogen functional groups attached to an aromatic ring is 1. The smallest absolute Gasteiger partial charge is 0.408 e. The number of amides is 1. The standard InChI is InChI=1S/C26H29N3O3/c1-26(2,3)32-25(31)29-22(15-18-8-5-4-6-9-18)23(30)16-19-10-7-11-20(14-19)21-12-13-28-24(27)17-21/h4-14,17,22H,15-16H2,1-3H3,(H2,27,28)(H,29,31)/t22-/m0/s1. The fourth-order valence-corrected chi connectivity index (χ4v) is 3.36. The quantitative estimate of drug-likeness (QED) is 0.571. The van der Waals surface area contributed by atoms with E-state index in [0.29, 0.717) is 12.2 Å². The second kappa shape index (κ2) is 10.1. The number of benzene rings is 2. The molecule has 166 valence electrons. The average molecular weight is 432 g/mol. The van der Waals surface area contributed by atoms with Crippen LogP contribution in [-0.2, 0) is 22.4 Å². The topological polar surface area (TPSA) is 94.3 Å². The molecule has 0 fully saturated rings. The number of aromatic nitrogens is 1. The number of rotatable bonds is 7. The van der Waals surface area contributed by atoms with Crippen molar-refractivity contribution in [1.82, 2.24) is 10.3 Å². The first kappa shape index (κ1) is 23.0. The van der Waals surface area contributed by atoms with E-state index in [1.54, 1.807) is 33.0 Å². The van der Waals surface area contributed by atoms with Crippen LogP contribution in [-0.4, -0.2) is 28.5 Å². The Morgan fingerprint density at radius 1 is 0.969 bits per heavy atom. The van der Waals surface area contributed by atoms with Crippen LogP contribution < -0.4 is 11.1 Å². The highest BCUT2D eigenvalue weighted by Gasteiger charge is 2.24. The number of anilines is 1. The van der Waals surface area contributed by atoms with Crippen molar-refractivity contribution in [2.24, 2.45) is 0 Å². The third-order valence-electron chi connectivity index (χ3n) is 4.78. The number of nitrogens with zero attached hydrogens (tertiary/aromatic N) is 1. The van der Waals surface area contributed by atoms with Gasteiger partial charge in [-0.25, -0.2) is 9.78 Å². The Bertz CT molecular complexity index is 1070. The maximum Gasteiger partial charge on any atom is 0.408 e. The van der Waals surface area contributed by atoms with Crippen molar-refractivity contribution in [3.63, 3.8) is 0 Å². The molecule has 0 radical (unpaired) electrons. The summed E-state index contributed by atoms with van der Waals surface area (Å²) in [6, 6.07) is 20.3. The lowest BCUT2D eigenvalue weighted by Gasteiger charge is -2.23. The van der Waals surface area contributed by atoms with Crippen LogP contribution in [0.15, 0.2) is 72.9 Å². The zero-order chi connectivity index (χ0) is 23.1. The summed E-state index contributed by atoms with van der Waals surface area (Å²) in [6.07, 6.45) is 1.62. The number of hydrogen-bond acceptors (Lipinski definition) is 5. The number of pyridine rings is 1. The van der Waals surface area contributed by atoms with Crippen molar-refractivity contribution in [1.29, 1.82) is 0 Å². The van der Waals surface area contributed by atoms with E-state index in [4.69, 9.17) is 10.5 Å². The normalized spacial score (nSPS) is 12.1. The second-order valence-corrected chi connectivity index (χ2v) is 8.70. The number of carbonyl (C=O) groups is 2. The molecule has 6 nitrogen and oxygen atoms in total. The lowest BCUT2D eigenvalue weighted by molar-refractivity contribution is -0.120. The Hall–Kier alpha value is -3.67. The van der Waals surface area contributed by atoms with Gasteiger partial charge in [0.15, 0.2) is 5.78 Å². The Labute approximate surface area is 188 Å². The third-order valence-corrected chi connectivity index (χ3v) is 4.78. The number of carbonyl (C=O) groups excluding carboxylic acids is 2. The van der Waals surface area contributed by atoms with Crippen LogP contribution in [0.2, 0.25) is 0 Å². The number of ether oxygens (including phenoxy) is 1. The van der Waals surface area contributed by atoms with Gasteiger partial charge in [-0.2, -0.15) is 0 Å². The van der Waals surface area contributed by atoms with Gasteiger partial charge in [0.05, 0.1) is 6.04 Å². The molecule has 2 aromatic carbocycles. The molecule has 0 bridgehead atoms. The molecule has 3 N–H and O–H groups in total. The molecule has 1 heterocycles. The summed E-state index contributed by atoms with van der Waals surface area (Å²) in [6.45, 7) is 5.37. The summed E-state index contributed by atoms with van der Waals surface area (Å²) < 4.78 is 5.37. The van der Waals surface area contributed by atoms with Crippen LogP contribution in [0, 0.1) is 0 Å². The monoisotopic (exact) mass is 431 g/mol. The molecule has 3 rings (SSSR count). The molecule has 3 aromatic rings. The highest BCUT2D eigenvalue weighted by atomic mass is 16.6. The number of hydrogen-bond donors (Lipinski definition) is 2. The van der Waals surface area contributed by atoms with Gasteiger partial charge in [-0.15, -0.1) is 0 Å². The van der Waals surface area contributed by atoms with Crippen LogP contribution in [0.1, 0.15) is 31.9 Å². The number of ketones is 1. The van der Waals surface area contributed by atoms with Gasteiger partial charge in [0.25, 0.3) is 0 Å². The Morgan fingerprint density at radius 2 is 1.66 bits per heavy atom. The molecule has 0 saturated carbocycles. The predicted molar refractivity (Wildman–Crippen MR) is 126 cm³/mol. The molecule has 6 heteroatoms. The van der Waals surface area contributed by atoms with Crippen molar-refractivity contribution in [3.8, 4) is 11.1 Å². The molecule has 1 amide bonds. The summed E-state index contributed by atoms with van der Waals surface area (Å²) in [5.41, 5.74) is 8.85. The van der Waals surface area contributed by atoms with Crippen molar-refractivity contribution >= 4 is 17.7 Å². The minimum atomic E-state index is -0.701. The van der Waals surface area contributed by atoms with Gasteiger partial charge in [0, 0.05) is 12.6 Å². The molecule has 0 aliphatic rings. The van der Waals surface area contributed by atoms with Crippen molar-refractivity contribution in [2.45, 2.75) is 45.3 Å². The molecule has 0 aliphatic carbocycles. The molecular weight excluding hydrogens is 402 g/mol. The second-order valence-electron chi connectivity index (χ2n) is 8.70. The predicted octanol–water partition coefficient (Wildman–Crippen LogP) is 4.58. The summed E-state index contributed by atoms with van der Waals surface area (Å²) in [4.78, 5) is 29.6. The zero-order valence-corrected chi connectivity index (χ0v) is 18.7. The first-order valence-corrected chi connectivity index (χ1v) is 10.6. The lowest BCUT2D eigenvalue weighted by atomic mass is 9.96. The molecule has 0 aliphatic heterocycles. The third kappa shape index (κ3) is 6.94. The van der Waals surface area contributed by atoms with Crippen molar-refractivity contribution in [3.05, 3.63) is 84.1 Å². The number of alkyl carbamates (subject to hydrolysis) is 1. The minimum Gasteiger partial charge on any atom is -0.444 e. The Kier molecular flexibility index (Phi) is 7.25. The van der Waals surface area contributed by atoms with Crippen molar-refractivity contribution in [2.75, 3.05) is 5.73 Å². The maximum atomic E-state index is 13.2. The zero-order valence-electron chi connectivity index (χ0n) is 18.7. The Balaban J connectivity index is 1.78. The fraction of sp³-hybridized carbons (Fsp3) is 0.269. The summed E-state index contributed by atoms with van der Waals surface area (Å²) in [5.74, 6) is 0.347. The summed E-state index contributed by atoms with van der Waals surface area (Å²) in [7, 11) is 0. The van der Waals surface area contributed by atoms with Crippen LogP contribution in [0.4, 0.5) is 10.6 Å². The molecule has 32 heavy (non-hydrogen) atoms. The number of nitrogens with one attached hydrogen (secondary N) is 1. The molecule has 0 saturated heterocycles. The van der Waals surface area contributed by atoms with E-state index in [2.05, 4.69) is 10.3 Å². The van der Waals surface area contributed by atoms with Gasteiger partial charge < -0.3 is 15.8 Å². The molecule has 1 atom stereocenters. The first-order chi connectivity index (χ1) is 15.2. The lowest BCUT2D eigenvalue weighted by Crippen LogP contribution is -2.45. The van der Waals surface area contributed by atoms with Gasteiger partial charge in [0.1, 0.15) is 11.4 Å². The first-order valence-electron chi connectivity index (χ1n) is 10.6. The minimum absolute atomic E-state index is 0.0916. The van der Waals surface area contributed by atoms with Gasteiger partial charge in [-0.1, -0.05) is 54.6 Å². The number of nitrogens with two attached hydrogens (primary N) is 1. The SMILES string of the molecule is CC(C)(C)OC(=O)N[C@@H](Cc1ccccc1)C(=O)Cc1cccc(-c2ccnc(N)c2)c1. The van der Waals surface area contributed by atoms with E-state index in [1.165, 1.54) is 0 Å². The largest absolute Gasteiger partial charge is 0.444 e. The van der Waals surface area contributed by atoms with Crippen LogP contribution >= 0.6 is 0 Å². The van der Waals surface area contributed by atoms with Gasteiger partial charge in [0.2, 0.25) is 0 Å². The van der Waals surface area contributed by atoms with E-state index >= 15 is 0 Å². The van der Waals surface area contributed by atoms with Gasteiger partial charge in [-0.05, 0) is 61.6 Å². The molecule has 0 spiro atoms. The highest BCUT2D eigenvalue weighted by Crippen LogP contribution is 2.22. The van der Waals surface area contributed by atoms with Gasteiger partial charge >= 0.3 is 6.09 Å². The Morgan fingerprint density at radius 3 is 2.34 bits per heavy atom. The van der Waals surface area contributed by atoms with E-state index in [9.17, 15) is 9.59 Å². The highest BCUT2D eigenvalue weighted by molar-refractivity contribution is 5.89. The van der Waals surface area contributed by atoms with Crippen molar-refractivity contribution < 1.29 is 14.3 Å². The maximum absolute atomic E-state index is 13.2. The van der Waals surface area contributed by atoms with Gasteiger partial charge in [-0.3, -0.25) is 4.79 Å². The molecular formula is C26H29N3O3. The van der Waals surface area contributed by atoms with E-state index in [-0.39, 0.29) is 12.2 Å². The van der Waals surface area contributed by atoms with Crippen LogP contribution in [0.5, 0.6) is 0 Å². The van der Waals surface area contributed by atoms with E-state index in [1.807, 2.05) is 60.7 Å². The van der Waals surface area contributed by atoms with E-state index < -0.39 is 17.7 Å². The summed E-state index contributed by atoms with van der Waals surface area (Å²) in [5, 5.41) is 2.76. The van der Waals surface area contributed by atoms with Crippen LogP contribution in [0.3, 0.4) is 0 Å². The molecule has 1 aromatic heterocycles. The fourth-order valence-electron chi connectivity index (χ4n) is 3.36. The average Bonchev–Trinajstić information content (AvgIpc) is 2.73. The molecule has 0 unspecified atom stereocenters. The summed E-state index contributed by atoms with van der Waals surface area (Å²) >= 11 is 0. The van der Waals surface area contributed by atoms with E-state index in [0.717, 1.165) is 22.3 Å². The number of Topliss-reactive ketones (excluding diaryl/α,β-unsaturated/α-hetero) is 1.